The van der Waals surface area contributed by atoms with Crippen molar-refractivity contribution < 1.29 is 48.7 Å². The van der Waals surface area contributed by atoms with Crippen molar-refractivity contribution in [2.45, 2.75) is 61.1 Å². The Hall–Kier alpha value is -3.93. The highest BCUT2D eigenvalue weighted by Crippen LogP contribution is 2.65. The van der Waals surface area contributed by atoms with E-state index in [1.54, 1.807) is 43.5 Å². The highest BCUT2D eigenvalue weighted by Gasteiger charge is 2.72. The molecule has 0 radical (unpaired) electrons. The standard InChI is InChI=1S/C30H31NO10/c1-31-13-12-29-23-17-8-9-19(38-2)25(23)41-26(29)20(10-11-30(29,37)21(31)14-17)39-28(36)24(16-6-4-3-5-7-16)40-22(33)15-18(32)27(34)35/h3-10,18,21,24,26,32,37H,11-15H2,1-2H3,(H,34,35)/t18-,21-,24-,26-,29-,30+/m0/s1. The summed E-state index contributed by atoms with van der Waals surface area (Å²) < 4.78 is 23.4. The van der Waals surface area contributed by atoms with Crippen molar-refractivity contribution in [1.29, 1.82) is 0 Å². The van der Waals surface area contributed by atoms with Gasteiger partial charge in [-0.1, -0.05) is 36.4 Å². The Morgan fingerprint density at radius 3 is 2.63 bits per heavy atom. The molecule has 4 aliphatic rings. The number of piperidine rings is 1. The monoisotopic (exact) mass is 565 g/mol. The first-order chi connectivity index (χ1) is 19.6. The molecule has 3 N–H and O–H groups in total. The van der Waals surface area contributed by atoms with E-state index in [1.165, 1.54) is 0 Å². The molecule has 2 bridgehead atoms. The number of rotatable bonds is 8. The van der Waals surface area contributed by atoms with Crippen LogP contribution in [0.4, 0.5) is 0 Å². The summed E-state index contributed by atoms with van der Waals surface area (Å²) in [6, 6.07) is 11.8. The summed E-state index contributed by atoms with van der Waals surface area (Å²) in [6.45, 7) is 0.695. The maximum absolute atomic E-state index is 13.6. The van der Waals surface area contributed by atoms with Crippen LogP contribution in [0.3, 0.4) is 0 Å². The van der Waals surface area contributed by atoms with E-state index in [9.17, 15) is 24.6 Å². The fourth-order valence-corrected chi connectivity index (χ4v) is 7.06. The summed E-state index contributed by atoms with van der Waals surface area (Å²) in [4.78, 5) is 39.3. The van der Waals surface area contributed by atoms with Crippen molar-refractivity contribution in [2.24, 2.45) is 0 Å². The summed E-state index contributed by atoms with van der Waals surface area (Å²) in [6.07, 6.45) is -2.14. The molecule has 2 aliphatic carbocycles. The van der Waals surface area contributed by atoms with Gasteiger partial charge in [-0.25, -0.2) is 9.59 Å². The molecule has 0 unspecified atom stereocenters. The molecule has 6 rings (SSSR count). The third kappa shape index (κ3) is 4.02. The summed E-state index contributed by atoms with van der Waals surface area (Å²) in [7, 11) is 3.54. The normalized spacial score (nSPS) is 28.8. The molecule has 11 nitrogen and oxygen atoms in total. The third-order valence-corrected chi connectivity index (χ3v) is 8.99. The number of benzene rings is 2. The summed E-state index contributed by atoms with van der Waals surface area (Å²) in [5, 5.41) is 30.9. The van der Waals surface area contributed by atoms with Gasteiger partial charge in [-0.15, -0.1) is 0 Å². The number of aliphatic hydroxyl groups excluding tert-OH is 1. The fraction of sp³-hybridized carbons (Fsp3) is 0.433. The summed E-state index contributed by atoms with van der Waals surface area (Å²) >= 11 is 0. The van der Waals surface area contributed by atoms with Crippen LogP contribution in [-0.4, -0.2) is 82.7 Å². The van der Waals surface area contributed by atoms with Gasteiger partial charge in [-0.3, -0.25) is 4.79 Å². The molecule has 2 heterocycles. The fourth-order valence-electron chi connectivity index (χ4n) is 7.06. The molecule has 6 atom stereocenters. The molecule has 2 aromatic carbocycles. The number of esters is 2. The molecule has 0 saturated carbocycles. The molecular formula is C30H31NO10. The van der Waals surface area contributed by atoms with E-state index in [1.807, 2.05) is 19.2 Å². The lowest BCUT2D eigenvalue weighted by Gasteiger charge is -2.61. The van der Waals surface area contributed by atoms with Gasteiger partial charge in [0.15, 0.2) is 23.7 Å². The smallest absolute Gasteiger partial charge is 0.357 e. The molecule has 0 amide bonds. The molecule has 1 spiro atoms. The van der Waals surface area contributed by atoms with Gasteiger partial charge < -0.3 is 39.2 Å². The number of likely N-dealkylation sites (tertiary alicyclic amines) is 1. The second kappa shape index (κ2) is 9.86. The van der Waals surface area contributed by atoms with E-state index in [4.69, 9.17) is 24.1 Å². The lowest BCUT2D eigenvalue weighted by atomic mass is 9.50. The molecule has 41 heavy (non-hydrogen) atoms. The second-order valence-electron chi connectivity index (χ2n) is 11.0. The summed E-state index contributed by atoms with van der Waals surface area (Å²) in [5.41, 5.74) is 0.146. The van der Waals surface area contributed by atoms with E-state index >= 15 is 0 Å². The number of hydrogen-bond acceptors (Lipinski definition) is 10. The molecule has 216 valence electrons. The first kappa shape index (κ1) is 27.3. The molecule has 0 aromatic heterocycles. The minimum atomic E-state index is -1.98. The number of carboxylic acid groups (broad SMARTS) is 1. The number of carbonyl (C=O) groups excluding carboxylic acids is 2. The number of ether oxygens (including phenoxy) is 4. The predicted octanol–water partition coefficient (Wildman–Crippen LogP) is 1.64. The van der Waals surface area contributed by atoms with Gasteiger partial charge in [0.2, 0.25) is 6.10 Å². The minimum absolute atomic E-state index is 0.179. The molecule has 2 aliphatic heterocycles. The van der Waals surface area contributed by atoms with Gasteiger partial charge in [-0.05, 0) is 44.1 Å². The van der Waals surface area contributed by atoms with Crippen LogP contribution in [0.25, 0.3) is 0 Å². The van der Waals surface area contributed by atoms with Crippen molar-refractivity contribution in [3.8, 4) is 11.5 Å². The minimum Gasteiger partial charge on any atom is -0.493 e. The number of hydrogen-bond donors (Lipinski definition) is 3. The van der Waals surface area contributed by atoms with Crippen LogP contribution < -0.4 is 9.47 Å². The van der Waals surface area contributed by atoms with Gasteiger partial charge >= 0.3 is 17.9 Å². The Balaban J connectivity index is 1.35. The molecule has 1 fully saturated rings. The first-order valence-corrected chi connectivity index (χ1v) is 13.5. The third-order valence-electron chi connectivity index (χ3n) is 8.99. The Bertz CT molecular complexity index is 1440. The maximum atomic E-state index is 13.6. The van der Waals surface area contributed by atoms with Crippen molar-refractivity contribution >= 4 is 17.9 Å². The zero-order chi connectivity index (χ0) is 29.1. The van der Waals surface area contributed by atoms with Crippen LogP contribution in [0.1, 0.15) is 42.1 Å². The van der Waals surface area contributed by atoms with Gasteiger partial charge in [0.1, 0.15) is 5.76 Å². The van der Waals surface area contributed by atoms with Crippen LogP contribution in [-0.2, 0) is 35.7 Å². The number of carbonyl (C=O) groups is 3. The molecule has 2 aromatic rings. The van der Waals surface area contributed by atoms with Crippen molar-refractivity contribution in [2.75, 3.05) is 20.7 Å². The van der Waals surface area contributed by atoms with Crippen LogP contribution >= 0.6 is 0 Å². The lowest BCUT2D eigenvalue weighted by molar-refractivity contribution is -0.177. The van der Waals surface area contributed by atoms with Crippen molar-refractivity contribution in [1.82, 2.24) is 4.90 Å². The number of aliphatic hydroxyl groups is 2. The SMILES string of the molecule is COc1ccc2c3c1O[C@H]1C(OC(=O)[C@@H](OC(=O)C[C@H](O)C(=O)O)c4ccccc4)=CC[C@@]4(O)[C@H](C2)N(C)CC[C@]314. The Labute approximate surface area is 235 Å². The topological polar surface area (TPSA) is 152 Å². The maximum Gasteiger partial charge on any atom is 0.357 e. The number of carboxylic acids is 1. The van der Waals surface area contributed by atoms with Crippen LogP contribution in [0, 0.1) is 0 Å². The Kier molecular flexibility index (Phi) is 6.55. The Morgan fingerprint density at radius 1 is 1.17 bits per heavy atom. The number of nitrogens with zero attached hydrogens (tertiary/aromatic N) is 1. The predicted molar refractivity (Wildman–Crippen MR) is 141 cm³/mol. The van der Waals surface area contributed by atoms with E-state index in [2.05, 4.69) is 4.90 Å². The molecule has 11 heteroatoms. The highest BCUT2D eigenvalue weighted by atomic mass is 16.6. The van der Waals surface area contributed by atoms with E-state index in [0.717, 1.165) is 11.1 Å². The number of aliphatic carboxylic acids is 1. The second-order valence-corrected chi connectivity index (χ2v) is 11.0. The lowest BCUT2D eigenvalue weighted by Crippen LogP contribution is -2.74. The van der Waals surface area contributed by atoms with E-state index in [-0.39, 0.29) is 18.2 Å². The van der Waals surface area contributed by atoms with E-state index in [0.29, 0.717) is 36.4 Å². The van der Waals surface area contributed by atoms with Crippen LogP contribution in [0.15, 0.2) is 54.3 Å². The molecule has 1 saturated heterocycles. The van der Waals surface area contributed by atoms with Gasteiger partial charge in [0.25, 0.3) is 0 Å². The van der Waals surface area contributed by atoms with E-state index < -0.39 is 53.7 Å². The van der Waals surface area contributed by atoms with Crippen LogP contribution in [0.5, 0.6) is 11.5 Å². The number of methoxy groups -OCH3 is 1. The van der Waals surface area contributed by atoms with Gasteiger partial charge in [0, 0.05) is 23.6 Å². The van der Waals surface area contributed by atoms with Gasteiger partial charge in [0.05, 0.1) is 24.5 Å². The zero-order valence-electron chi connectivity index (χ0n) is 22.6. The number of likely N-dealkylation sites (N-methyl/N-ethyl adjacent to an activating group) is 1. The van der Waals surface area contributed by atoms with Crippen molar-refractivity contribution in [3.05, 3.63) is 71.0 Å². The Morgan fingerprint density at radius 2 is 1.93 bits per heavy atom. The molecular weight excluding hydrogens is 534 g/mol. The quantitative estimate of drug-likeness (QED) is 0.401. The van der Waals surface area contributed by atoms with Gasteiger partial charge in [-0.2, -0.15) is 0 Å². The first-order valence-electron chi connectivity index (χ1n) is 13.5. The average molecular weight is 566 g/mol. The highest BCUT2D eigenvalue weighted by molar-refractivity contribution is 5.84. The van der Waals surface area contributed by atoms with Crippen molar-refractivity contribution in [3.63, 3.8) is 0 Å². The summed E-state index contributed by atoms with van der Waals surface area (Å²) in [5.74, 6) is -2.36. The largest absolute Gasteiger partial charge is 0.493 e. The zero-order valence-corrected chi connectivity index (χ0v) is 22.6. The average Bonchev–Trinajstić information content (AvgIpc) is 3.31. The van der Waals surface area contributed by atoms with Crippen LogP contribution in [0.2, 0.25) is 0 Å².